The summed E-state index contributed by atoms with van der Waals surface area (Å²) in [5, 5.41) is 11.2. The molecule has 168 valence electrons. The quantitative estimate of drug-likeness (QED) is 0.285. The largest absolute Gasteiger partial charge is 0.449 e. The van der Waals surface area contributed by atoms with E-state index in [0.717, 1.165) is 22.1 Å². The molecule has 2 heterocycles. The van der Waals surface area contributed by atoms with Gasteiger partial charge in [0.25, 0.3) is 0 Å². The Bertz CT molecular complexity index is 1530. The molecule has 0 saturated carbocycles. The molecule has 1 aliphatic heterocycles. The molecule has 0 bridgehead atoms. The van der Waals surface area contributed by atoms with Gasteiger partial charge in [-0.15, -0.1) is 0 Å². The van der Waals surface area contributed by atoms with Crippen molar-refractivity contribution >= 4 is 28.5 Å². The summed E-state index contributed by atoms with van der Waals surface area (Å²) in [6, 6.07) is 20.1. The number of carbonyl (C=O) groups is 1. The molecule has 3 aromatic carbocycles. The predicted molar refractivity (Wildman–Crippen MR) is 128 cm³/mol. The van der Waals surface area contributed by atoms with Crippen molar-refractivity contribution in [2.45, 2.75) is 19.8 Å². The highest BCUT2D eigenvalue weighted by Crippen LogP contribution is 2.43. The van der Waals surface area contributed by atoms with Gasteiger partial charge in [0.1, 0.15) is 28.7 Å². The van der Waals surface area contributed by atoms with E-state index in [9.17, 15) is 10.1 Å². The van der Waals surface area contributed by atoms with E-state index in [2.05, 4.69) is 6.07 Å². The predicted octanol–water partition coefficient (Wildman–Crippen LogP) is 6.14. The zero-order valence-corrected chi connectivity index (χ0v) is 19.1. The van der Waals surface area contributed by atoms with Crippen molar-refractivity contribution in [3.05, 3.63) is 105 Å². The third kappa shape index (κ3) is 3.66. The maximum absolute atomic E-state index is 12.9. The molecule has 1 aromatic heterocycles. The highest BCUT2D eigenvalue weighted by molar-refractivity contribution is 6.30. The van der Waals surface area contributed by atoms with Crippen LogP contribution < -0.4 is 15.2 Å². The molecule has 0 spiro atoms. The molecule has 0 radical (unpaired) electrons. The van der Waals surface area contributed by atoms with E-state index in [4.69, 9.17) is 31.2 Å². The van der Waals surface area contributed by atoms with Crippen molar-refractivity contribution in [3.8, 4) is 17.6 Å². The number of allylic oxidation sites excluding steroid dienone is 1. The van der Waals surface area contributed by atoms with Crippen LogP contribution in [-0.2, 0) is 0 Å². The Balaban J connectivity index is 1.49. The highest BCUT2D eigenvalue weighted by Gasteiger charge is 2.31. The summed E-state index contributed by atoms with van der Waals surface area (Å²) in [7, 11) is 0. The Morgan fingerprint density at radius 1 is 1.09 bits per heavy atom. The monoisotopic (exact) mass is 470 g/mol. The van der Waals surface area contributed by atoms with E-state index in [-0.39, 0.29) is 17.4 Å². The number of rotatable bonds is 3. The molecule has 7 heteroatoms. The van der Waals surface area contributed by atoms with Crippen molar-refractivity contribution in [3.63, 3.8) is 0 Å². The van der Waals surface area contributed by atoms with Gasteiger partial charge in [-0.3, -0.25) is 0 Å². The number of carbonyl (C=O) groups excluding carboxylic acids is 1. The van der Waals surface area contributed by atoms with Gasteiger partial charge >= 0.3 is 5.97 Å². The number of nitriles is 1. The van der Waals surface area contributed by atoms with Gasteiger partial charge in [0.2, 0.25) is 11.6 Å². The van der Waals surface area contributed by atoms with Crippen LogP contribution in [0.1, 0.15) is 38.7 Å². The van der Waals surface area contributed by atoms with E-state index in [1.807, 2.05) is 44.2 Å². The summed E-state index contributed by atoms with van der Waals surface area (Å²) in [5.41, 5.74) is 10.3. The summed E-state index contributed by atoms with van der Waals surface area (Å²) >= 11 is 6.03. The standard InChI is InChI=1S/C27H19ClN2O4/c1-14-3-10-22-20(11-14)15(2)25(33-22)27(31)32-18-8-9-19-23(12-18)34-26(30)21(13-29)24(19)16-4-6-17(28)7-5-16/h3-12,24H,30H2,1-2H3. The molecule has 0 aliphatic carbocycles. The Kier molecular flexibility index (Phi) is 5.27. The van der Waals surface area contributed by atoms with E-state index >= 15 is 0 Å². The fraction of sp³-hybridized carbons (Fsp3) is 0.111. The lowest BCUT2D eigenvalue weighted by atomic mass is 9.83. The molecule has 5 rings (SSSR count). The van der Waals surface area contributed by atoms with Crippen LogP contribution in [0, 0.1) is 25.2 Å². The zero-order chi connectivity index (χ0) is 24.0. The van der Waals surface area contributed by atoms with Crippen molar-refractivity contribution in [2.75, 3.05) is 0 Å². The molecule has 1 atom stereocenters. The normalized spacial score (nSPS) is 14.9. The Labute approximate surface area is 200 Å². The van der Waals surface area contributed by atoms with Crippen LogP contribution in [0.2, 0.25) is 5.02 Å². The fourth-order valence-electron chi connectivity index (χ4n) is 4.18. The number of benzene rings is 3. The van der Waals surface area contributed by atoms with Gasteiger partial charge in [-0.2, -0.15) is 5.26 Å². The summed E-state index contributed by atoms with van der Waals surface area (Å²) in [6.45, 7) is 3.80. The van der Waals surface area contributed by atoms with Gasteiger partial charge in [0.15, 0.2) is 0 Å². The first-order chi connectivity index (χ1) is 16.4. The van der Waals surface area contributed by atoms with Crippen LogP contribution in [0.3, 0.4) is 0 Å². The second kappa shape index (κ2) is 8.29. The summed E-state index contributed by atoms with van der Waals surface area (Å²) in [5.74, 6) is -0.234. The molecule has 6 nitrogen and oxygen atoms in total. The van der Waals surface area contributed by atoms with E-state index in [1.165, 1.54) is 0 Å². The molecular weight excluding hydrogens is 452 g/mol. The number of hydrogen-bond acceptors (Lipinski definition) is 6. The van der Waals surface area contributed by atoms with Gasteiger partial charge < -0.3 is 19.6 Å². The smallest absolute Gasteiger partial charge is 0.379 e. The minimum Gasteiger partial charge on any atom is -0.449 e. The average molecular weight is 471 g/mol. The lowest BCUT2D eigenvalue weighted by molar-refractivity contribution is 0.0702. The zero-order valence-electron chi connectivity index (χ0n) is 18.4. The van der Waals surface area contributed by atoms with Crippen molar-refractivity contribution < 1.29 is 18.7 Å². The molecular formula is C27H19ClN2O4. The molecule has 0 fully saturated rings. The minimum absolute atomic E-state index is 0.00178. The van der Waals surface area contributed by atoms with E-state index in [1.54, 1.807) is 30.3 Å². The fourth-order valence-corrected chi connectivity index (χ4v) is 4.31. The van der Waals surface area contributed by atoms with Crippen molar-refractivity contribution in [2.24, 2.45) is 5.73 Å². The van der Waals surface area contributed by atoms with Gasteiger partial charge in [0.05, 0.1) is 5.92 Å². The first-order valence-corrected chi connectivity index (χ1v) is 10.9. The van der Waals surface area contributed by atoms with Crippen LogP contribution in [0.5, 0.6) is 11.5 Å². The maximum Gasteiger partial charge on any atom is 0.379 e. The van der Waals surface area contributed by atoms with Crippen LogP contribution in [0.15, 0.2) is 76.5 Å². The number of aryl methyl sites for hydroxylation is 2. The number of ether oxygens (including phenoxy) is 2. The number of halogens is 1. The minimum atomic E-state index is -0.613. The lowest BCUT2D eigenvalue weighted by Crippen LogP contribution is -2.21. The number of nitrogens with zero attached hydrogens (tertiary/aromatic N) is 1. The summed E-state index contributed by atoms with van der Waals surface area (Å²) in [6.07, 6.45) is 0. The second-order valence-electron chi connectivity index (χ2n) is 8.12. The van der Waals surface area contributed by atoms with E-state index in [0.29, 0.717) is 27.5 Å². The molecule has 4 aromatic rings. The van der Waals surface area contributed by atoms with Crippen LogP contribution >= 0.6 is 11.6 Å². The maximum atomic E-state index is 12.9. The van der Waals surface area contributed by atoms with Gasteiger partial charge in [0, 0.05) is 27.6 Å². The average Bonchev–Trinajstić information content (AvgIpc) is 3.14. The number of hydrogen-bond donors (Lipinski definition) is 1. The van der Waals surface area contributed by atoms with Crippen molar-refractivity contribution in [1.29, 1.82) is 5.26 Å². The van der Waals surface area contributed by atoms with Gasteiger partial charge in [-0.25, -0.2) is 4.79 Å². The SMILES string of the molecule is Cc1ccc2oc(C(=O)Oc3ccc4c(c3)OC(N)=C(C#N)C4c3ccc(Cl)cc3)c(C)c2c1. The molecule has 34 heavy (non-hydrogen) atoms. The van der Waals surface area contributed by atoms with Crippen LogP contribution in [-0.4, -0.2) is 5.97 Å². The molecule has 0 amide bonds. The third-order valence-corrected chi connectivity index (χ3v) is 6.13. The lowest BCUT2D eigenvalue weighted by Gasteiger charge is -2.26. The number of esters is 1. The summed E-state index contributed by atoms with van der Waals surface area (Å²) < 4.78 is 17.1. The Morgan fingerprint density at radius 2 is 1.85 bits per heavy atom. The van der Waals surface area contributed by atoms with Gasteiger partial charge in [-0.05, 0) is 49.7 Å². The third-order valence-electron chi connectivity index (χ3n) is 5.88. The molecule has 1 unspecified atom stereocenters. The Morgan fingerprint density at radius 3 is 2.59 bits per heavy atom. The number of nitrogens with two attached hydrogens (primary N) is 1. The molecule has 1 aliphatic rings. The first kappa shape index (κ1) is 21.6. The van der Waals surface area contributed by atoms with Crippen molar-refractivity contribution in [1.82, 2.24) is 0 Å². The first-order valence-electron chi connectivity index (χ1n) is 10.5. The topological polar surface area (TPSA) is 98.5 Å². The van der Waals surface area contributed by atoms with Gasteiger partial charge in [-0.1, -0.05) is 41.4 Å². The Hall–Kier alpha value is -4.21. The highest BCUT2D eigenvalue weighted by atomic mass is 35.5. The molecule has 0 saturated heterocycles. The number of fused-ring (bicyclic) bond motifs is 2. The van der Waals surface area contributed by atoms with Crippen LogP contribution in [0.25, 0.3) is 11.0 Å². The summed E-state index contributed by atoms with van der Waals surface area (Å²) in [4.78, 5) is 12.9. The molecule has 2 N–H and O–H groups in total. The van der Waals surface area contributed by atoms with Crippen LogP contribution in [0.4, 0.5) is 0 Å². The second-order valence-corrected chi connectivity index (χ2v) is 8.56. The van der Waals surface area contributed by atoms with E-state index < -0.39 is 11.9 Å². The number of furan rings is 1.